The number of aromatic nitrogens is 3. The summed E-state index contributed by atoms with van der Waals surface area (Å²) in [6.07, 6.45) is 1.90. The number of carbonyl (C=O) groups is 5. The lowest BCUT2D eigenvalue weighted by molar-refractivity contribution is -0.130. The molecule has 0 bridgehead atoms. The third kappa shape index (κ3) is 48.0. The minimum Gasteiger partial charge on any atom is -0.443 e. The van der Waals surface area contributed by atoms with Crippen LogP contribution in [0.1, 0.15) is 19.0 Å². The van der Waals surface area contributed by atoms with Crippen LogP contribution in [0.4, 0.5) is 4.79 Å². The summed E-state index contributed by atoms with van der Waals surface area (Å²) in [6, 6.07) is 0. The molecular weight excluding hydrogens is 975 g/mol. The molecule has 29 heteroatoms. The van der Waals surface area contributed by atoms with Crippen molar-refractivity contribution in [3.8, 4) is 0 Å². The maximum Gasteiger partial charge on any atom is 0.407 e. The Morgan fingerprint density at radius 1 is 0.466 bits per heavy atom. The highest BCUT2D eigenvalue weighted by Crippen LogP contribution is 1.97. The van der Waals surface area contributed by atoms with Crippen LogP contribution >= 0.6 is 0 Å². The van der Waals surface area contributed by atoms with E-state index < -0.39 is 42.9 Å². The molecule has 5 amide bonds. The fraction of sp³-hybridized carbons (Fsp3) is 0.818. The Kier molecular flexibility index (Phi) is 47.3. The summed E-state index contributed by atoms with van der Waals surface area (Å²) >= 11 is 0. The zero-order chi connectivity index (χ0) is 52.8. The Hall–Kier alpha value is -4.76. The molecule has 1 heterocycles. The normalized spacial score (nSPS) is 11.0. The van der Waals surface area contributed by atoms with Crippen molar-refractivity contribution >= 4 is 36.4 Å². The summed E-state index contributed by atoms with van der Waals surface area (Å²) in [4.78, 5) is 63.2. The van der Waals surface area contributed by atoms with E-state index in [0.717, 1.165) is 13.0 Å². The molecular formula is C44H81N9O20. The van der Waals surface area contributed by atoms with E-state index in [2.05, 4.69) is 60.5 Å². The first-order valence-corrected chi connectivity index (χ1v) is 24.3. The largest absolute Gasteiger partial charge is 0.443 e. The van der Waals surface area contributed by atoms with Crippen molar-refractivity contribution in [2.45, 2.75) is 26.5 Å². The van der Waals surface area contributed by atoms with Gasteiger partial charge in [-0.1, -0.05) is 12.1 Å². The molecule has 73 heavy (non-hydrogen) atoms. The first kappa shape index (κ1) is 66.3. The van der Waals surface area contributed by atoms with Gasteiger partial charge >= 0.3 is 6.09 Å². The minimum atomic E-state index is -0.730. The third-order valence-electron chi connectivity index (χ3n) is 8.56. The fourth-order valence-electron chi connectivity index (χ4n) is 4.99. The van der Waals surface area contributed by atoms with Crippen LogP contribution in [-0.4, -0.2) is 263 Å². The molecule has 1 rings (SSSR count). The van der Waals surface area contributed by atoms with Crippen LogP contribution in [0, 0.1) is 0 Å². The highest BCUT2D eigenvalue weighted by molar-refractivity contribution is 5.90. The number of alkyl carbamates (subject to hydrolysis) is 1. The molecule has 0 aliphatic heterocycles. The molecule has 0 saturated heterocycles. The molecule has 0 aliphatic rings. The summed E-state index contributed by atoms with van der Waals surface area (Å²) in [7, 11) is 0. The predicted octanol–water partition coefficient (Wildman–Crippen LogP) is -2.77. The summed E-state index contributed by atoms with van der Waals surface area (Å²) in [5.74, 6) is -2.37. The van der Waals surface area contributed by atoms with Gasteiger partial charge in [-0.05, 0) is 6.42 Å². The summed E-state index contributed by atoms with van der Waals surface area (Å²) in [6.45, 7) is 16.6. The topological polar surface area (TPSA) is 327 Å². The first-order chi connectivity index (χ1) is 35.8. The van der Waals surface area contributed by atoms with E-state index in [0.29, 0.717) is 177 Å². The number of nitrogens with one attached hydrogen (secondary N) is 5. The van der Waals surface area contributed by atoms with Crippen LogP contribution in [-0.2, 0) is 103 Å². The number of ether oxygens (including phenoxy) is 14. The molecule has 0 saturated carbocycles. The Morgan fingerprint density at radius 3 is 1.16 bits per heavy atom. The highest BCUT2D eigenvalue weighted by Gasteiger charge is 2.11. The van der Waals surface area contributed by atoms with E-state index in [4.69, 9.17) is 66.3 Å². The lowest BCUT2D eigenvalue weighted by atomic mass is 10.4. The molecule has 422 valence electrons. The number of carbonyl (C=O) groups excluding carboxylic acids is 5. The van der Waals surface area contributed by atoms with Gasteiger partial charge in [0, 0.05) is 26.4 Å². The predicted molar refractivity (Wildman–Crippen MR) is 257 cm³/mol. The van der Waals surface area contributed by atoms with E-state index in [9.17, 15) is 24.0 Å². The van der Waals surface area contributed by atoms with E-state index in [1.807, 2.05) is 0 Å². The Balaban J connectivity index is 1.78. The van der Waals surface area contributed by atoms with Gasteiger partial charge in [0.1, 0.15) is 12.3 Å². The van der Waals surface area contributed by atoms with Crippen LogP contribution in [0.5, 0.6) is 0 Å². The Bertz CT molecular complexity index is 1510. The second-order valence-corrected chi connectivity index (χ2v) is 14.5. The summed E-state index contributed by atoms with van der Waals surface area (Å²) in [5, 5.41) is 22.8. The number of hydrogen-bond acceptors (Lipinski definition) is 23. The summed E-state index contributed by atoms with van der Waals surface area (Å²) < 4.78 is 77.9. The van der Waals surface area contributed by atoms with Gasteiger partial charge in [-0.15, -0.1) is 10.3 Å². The van der Waals surface area contributed by atoms with Crippen molar-refractivity contribution in [2.24, 2.45) is 5.16 Å². The second kappa shape index (κ2) is 52.1. The minimum absolute atomic E-state index is 0.0559. The van der Waals surface area contributed by atoms with Crippen molar-refractivity contribution in [1.82, 2.24) is 41.6 Å². The molecule has 0 fully saturated rings. The number of hydrogen-bond donors (Lipinski definition) is 5. The highest BCUT2D eigenvalue weighted by atomic mass is 16.6. The Labute approximate surface area is 427 Å². The number of oxime groups is 1. The van der Waals surface area contributed by atoms with Gasteiger partial charge < -0.3 is 97.7 Å². The maximum absolute atomic E-state index is 12.0. The second-order valence-electron chi connectivity index (χ2n) is 14.5. The summed E-state index contributed by atoms with van der Waals surface area (Å²) in [5.41, 5.74) is 0.425. The zero-order valence-corrected chi connectivity index (χ0v) is 42.5. The number of rotatable bonds is 55. The van der Waals surface area contributed by atoms with Crippen LogP contribution in [0.25, 0.3) is 0 Å². The van der Waals surface area contributed by atoms with Gasteiger partial charge in [0.15, 0.2) is 6.61 Å². The lowest BCUT2D eigenvalue weighted by Gasteiger charge is -2.09. The molecule has 0 aliphatic carbocycles. The molecule has 0 spiro atoms. The van der Waals surface area contributed by atoms with Crippen LogP contribution < -0.4 is 26.6 Å². The number of amides is 5. The average Bonchev–Trinajstić information content (AvgIpc) is 3.86. The van der Waals surface area contributed by atoms with Crippen molar-refractivity contribution in [2.75, 3.05) is 211 Å². The van der Waals surface area contributed by atoms with Crippen molar-refractivity contribution in [1.29, 1.82) is 0 Å². The smallest absolute Gasteiger partial charge is 0.407 e. The molecule has 0 atom stereocenters. The molecule has 0 radical (unpaired) electrons. The third-order valence-corrected chi connectivity index (χ3v) is 8.56. The van der Waals surface area contributed by atoms with Gasteiger partial charge in [-0.2, -0.15) is 0 Å². The molecule has 1 aromatic heterocycles. The standard InChI is InChI=1S/C44H81N9O20/c1-3-7-59-9-11-61-13-15-63-17-19-65-21-23-67-25-27-69-29-31-71-32-30-70-28-26-68-24-22-66-20-18-64-16-14-62-12-10-60-8-6-53-36-39(51-52-53)37-72-44(58)47-5-4-46-40(54)33-48-41(55)34-49-42(56)35-50-43(57)38-73-45-2/h36H,2-35,37-38H2,1H3,(H,46,54)(H,47,58)(H,48,55)(H,49,56)(H,50,57). The van der Waals surface area contributed by atoms with E-state index in [-0.39, 0.29) is 32.8 Å². The zero-order valence-electron chi connectivity index (χ0n) is 42.5. The molecule has 0 unspecified atom stereocenters. The van der Waals surface area contributed by atoms with Crippen LogP contribution in [0.15, 0.2) is 11.4 Å². The molecule has 5 N–H and O–H groups in total. The Morgan fingerprint density at radius 2 is 0.795 bits per heavy atom. The van der Waals surface area contributed by atoms with Gasteiger partial charge in [-0.3, -0.25) is 19.2 Å². The SMILES string of the molecule is C=NOCC(=O)NCC(=O)NCC(=O)NCC(=O)NCCNC(=O)OCc1cn(CCOCCOCCOCCOCCOCCOCCOCCOCCOCCOCCOCCOCCOCCC)nn1. The van der Waals surface area contributed by atoms with Crippen molar-refractivity contribution < 1.29 is 95.1 Å². The van der Waals surface area contributed by atoms with Crippen molar-refractivity contribution in [3.05, 3.63) is 11.9 Å². The number of nitrogens with zero attached hydrogens (tertiary/aromatic N) is 4. The quantitative estimate of drug-likeness (QED) is 0.0250. The van der Waals surface area contributed by atoms with Gasteiger partial charge in [0.25, 0.3) is 5.91 Å². The monoisotopic (exact) mass is 1060 g/mol. The average molecular weight is 1060 g/mol. The lowest BCUT2D eigenvalue weighted by Crippen LogP contribution is -2.45. The van der Waals surface area contributed by atoms with E-state index in [1.54, 1.807) is 10.9 Å². The van der Waals surface area contributed by atoms with Gasteiger partial charge in [-0.25, -0.2) is 9.48 Å². The molecule has 1 aromatic rings. The van der Waals surface area contributed by atoms with E-state index in [1.165, 1.54) is 0 Å². The first-order valence-electron chi connectivity index (χ1n) is 24.3. The molecule has 0 aromatic carbocycles. The van der Waals surface area contributed by atoms with Crippen LogP contribution in [0.2, 0.25) is 0 Å². The maximum atomic E-state index is 12.0. The van der Waals surface area contributed by atoms with Crippen LogP contribution in [0.3, 0.4) is 0 Å². The van der Waals surface area contributed by atoms with E-state index >= 15 is 0 Å². The fourth-order valence-corrected chi connectivity index (χ4v) is 4.99. The van der Waals surface area contributed by atoms with Crippen molar-refractivity contribution in [3.63, 3.8) is 0 Å². The van der Waals surface area contributed by atoms with Gasteiger partial charge in [0.2, 0.25) is 17.7 Å². The van der Waals surface area contributed by atoms with Gasteiger partial charge in [0.05, 0.1) is 198 Å². The molecule has 29 nitrogen and oxygen atoms in total.